The topological polar surface area (TPSA) is 66.9 Å². The molecule has 3 rings (SSSR count). The van der Waals surface area contributed by atoms with Crippen LogP contribution in [0.4, 0.5) is 4.39 Å². The molecular formula is C20H19FN2O4. The van der Waals surface area contributed by atoms with E-state index in [2.05, 4.69) is 0 Å². The molecule has 0 unspecified atom stereocenters. The van der Waals surface area contributed by atoms with Gasteiger partial charge in [-0.2, -0.15) is 0 Å². The van der Waals surface area contributed by atoms with Crippen LogP contribution in [0.25, 0.3) is 0 Å². The fraction of sp³-hybridized carbons (Fsp3) is 0.250. The van der Waals surface area contributed by atoms with Crippen LogP contribution in [0.3, 0.4) is 0 Å². The smallest absolute Gasteiger partial charge is 0.261 e. The van der Waals surface area contributed by atoms with E-state index in [-0.39, 0.29) is 43.1 Å². The third-order valence-corrected chi connectivity index (χ3v) is 4.36. The molecule has 0 fully saturated rings. The number of likely N-dealkylation sites (N-methyl/N-ethyl adjacent to an activating group) is 1. The molecule has 0 spiro atoms. The molecule has 0 saturated heterocycles. The summed E-state index contributed by atoms with van der Waals surface area (Å²) in [6, 6.07) is 12.2. The molecule has 27 heavy (non-hydrogen) atoms. The average molecular weight is 370 g/mol. The Kier molecular flexibility index (Phi) is 5.49. The predicted molar refractivity (Wildman–Crippen MR) is 96.0 cm³/mol. The first-order valence-electron chi connectivity index (χ1n) is 8.55. The van der Waals surface area contributed by atoms with E-state index < -0.39 is 0 Å². The first kappa shape index (κ1) is 18.6. The van der Waals surface area contributed by atoms with Gasteiger partial charge in [0.2, 0.25) is 5.91 Å². The second kappa shape index (κ2) is 7.99. The van der Waals surface area contributed by atoms with E-state index in [1.165, 1.54) is 29.2 Å². The third-order valence-electron chi connectivity index (χ3n) is 4.36. The van der Waals surface area contributed by atoms with E-state index in [0.717, 1.165) is 4.90 Å². The van der Waals surface area contributed by atoms with E-state index >= 15 is 0 Å². The Balaban J connectivity index is 1.46. The maximum absolute atomic E-state index is 12.8. The molecule has 0 bridgehead atoms. The molecule has 0 aromatic heterocycles. The summed E-state index contributed by atoms with van der Waals surface area (Å²) in [6.07, 6.45) is 0.0402. The number of ether oxygens (including phenoxy) is 1. The second-order valence-corrected chi connectivity index (χ2v) is 6.18. The van der Waals surface area contributed by atoms with Crippen molar-refractivity contribution in [1.29, 1.82) is 0 Å². The van der Waals surface area contributed by atoms with Crippen LogP contribution in [0.5, 0.6) is 5.75 Å². The minimum absolute atomic E-state index is 0.0361. The maximum Gasteiger partial charge on any atom is 0.261 e. The lowest BCUT2D eigenvalue weighted by Gasteiger charge is -2.19. The zero-order valence-electron chi connectivity index (χ0n) is 14.9. The van der Waals surface area contributed by atoms with Crippen molar-refractivity contribution in [1.82, 2.24) is 9.80 Å². The Morgan fingerprint density at radius 2 is 1.63 bits per heavy atom. The van der Waals surface area contributed by atoms with Crippen LogP contribution in [-0.2, 0) is 4.79 Å². The highest BCUT2D eigenvalue weighted by Crippen LogP contribution is 2.22. The molecule has 0 N–H and O–H groups in total. The van der Waals surface area contributed by atoms with Crippen molar-refractivity contribution in [2.75, 3.05) is 26.7 Å². The lowest BCUT2D eigenvalue weighted by atomic mass is 10.1. The number of fused-ring (bicyclic) bond motifs is 1. The highest BCUT2D eigenvalue weighted by Gasteiger charge is 2.35. The van der Waals surface area contributed by atoms with Crippen molar-refractivity contribution in [3.63, 3.8) is 0 Å². The van der Waals surface area contributed by atoms with Gasteiger partial charge < -0.3 is 9.64 Å². The number of amides is 3. The first-order valence-corrected chi connectivity index (χ1v) is 8.55. The summed E-state index contributed by atoms with van der Waals surface area (Å²) < 4.78 is 18.3. The molecule has 7 heteroatoms. The number of rotatable bonds is 7. The normalized spacial score (nSPS) is 12.9. The average Bonchev–Trinajstić information content (AvgIpc) is 2.92. The van der Waals surface area contributed by atoms with Crippen molar-refractivity contribution in [2.45, 2.75) is 6.42 Å². The van der Waals surface area contributed by atoms with E-state index in [9.17, 15) is 18.8 Å². The van der Waals surface area contributed by atoms with Crippen molar-refractivity contribution in [3.05, 3.63) is 65.5 Å². The summed E-state index contributed by atoms with van der Waals surface area (Å²) >= 11 is 0. The summed E-state index contributed by atoms with van der Waals surface area (Å²) in [5, 5.41) is 0. The summed E-state index contributed by atoms with van der Waals surface area (Å²) in [6.45, 7) is 0.619. The number of hydrogen-bond acceptors (Lipinski definition) is 4. The Bertz CT molecular complexity index is 832. The zero-order valence-corrected chi connectivity index (χ0v) is 14.9. The predicted octanol–water partition coefficient (Wildman–Crippen LogP) is 2.35. The molecule has 3 amide bonds. The van der Waals surface area contributed by atoms with Gasteiger partial charge in [0.05, 0.1) is 17.7 Å². The number of imide groups is 1. The van der Waals surface area contributed by atoms with Crippen LogP contribution in [-0.4, -0.2) is 54.3 Å². The largest absolute Gasteiger partial charge is 0.492 e. The number of halogens is 1. The Morgan fingerprint density at radius 3 is 2.22 bits per heavy atom. The van der Waals surface area contributed by atoms with Gasteiger partial charge in [0, 0.05) is 20.0 Å². The number of hydrogen-bond donors (Lipinski definition) is 0. The third kappa shape index (κ3) is 4.13. The molecular weight excluding hydrogens is 351 g/mol. The van der Waals surface area contributed by atoms with E-state index in [1.54, 1.807) is 31.3 Å². The van der Waals surface area contributed by atoms with Crippen LogP contribution >= 0.6 is 0 Å². The minimum Gasteiger partial charge on any atom is -0.492 e. The van der Waals surface area contributed by atoms with Crippen LogP contribution in [0.15, 0.2) is 48.5 Å². The minimum atomic E-state index is -0.370. The number of carbonyl (C=O) groups excluding carboxylic acids is 3. The van der Waals surface area contributed by atoms with Gasteiger partial charge in [0.15, 0.2) is 0 Å². The molecule has 2 aromatic rings. The van der Waals surface area contributed by atoms with Crippen LogP contribution in [0, 0.1) is 5.82 Å². The molecule has 0 radical (unpaired) electrons. The van der Waals surface area contributed by atoms with Crippen molar-refractivity contribution < 1.29 is 23.5 Å². The number of nitrogens with zero attached hydrogens (tertiary/aromatic N) is 2. The molecule has 0 atom stereocenters. The van der Waals surface area contributed by atoms with Crippen LogP contribution in [0.2, 0.25) is 0 Å². The zero-order chi connectivity index (χ0) is 19.4. The molecule has 140 valence electrons. The van der Waals surface area contributed by atoms with Gasteiger partial charge in [-0.25, -0.2) is 4.39 Å². The number of benzene rings is 2. The Morgan fingerprint density at radius 1 is 1.04 bits per heavy atom. The van der Waals surface area contributed by atoms with Crippen molar-refractivity contribution in [2.24, 2.45) is 0 Å². The van der Waals surface area contributed by atoms with Crippen molar-refractivity contribution >= 4 is 17.7 Å². The van der Waals surface area contributed by atoms with Gasteiger partial charge in [-0.3, -0.25) is 19.3 Å². The van der Waals surface area contributed by atoms with Gasteiger partial charge in [-0.1, -0.05) is 12.1 Å². The fourth-order valence-electron chi connectivity index (χ4n) is 2.80. The maximum atomic E-state index is 12.8. The van der Waals surface area contributed by atoms with Gasteiger partial charge in [-0.05, 0) is 36.4 Å². The molecule has 6 nitrogen and oxygen atoms in total. The lowest BCUT2D eigenvalue weighted by Crippen LogP contribution is -2.36. The summed E-state index contributed by atoms with van der Waals surface area (Å²) in [5.74, 6) is -0.767. The first-order chi connectivity index (χ1) is 13.0. The Labute approximate surface area is 156 Å². The monoisotopic (exact) mass is 370 g/mol. The molecule has 2 aromatic carbocycles. The fourth-order valence-corrected chi connectivity index (χ4v) is 2.80. The van der Waals surface area contributed by atoms with E-state index in [1.807, 2.05) is 0 Å². The standard InChI is InChI=1S/C20H19FN2O4/c1-22(12-13-27-15-8-6-14(21)7-9-15)18(24)10-11-23-19(25)16-4-2-3-5-17(16)20(23)26/h2-9H,10-13H2,1H3. The highest BCUT2D eigenvalue weighted by atomic mass is 19.1. The second-order valence-electron chi connectivity index (χ2n) is 6.18. The van der Waals surface area contributed by atoms with Gasteiger partial charge in [0.1, 0.15) is 18.2 Å². The van der Waals surface area contributed by atoms with E-state index in [0.29, 0.717) is 23.4 Å². The van der Waals surface area contributed by atoms with Gasteiger partial charge >= 0.3 is 0 Å². The summed E-state index contributed by atoms with van der Waals surface area (Å²) in [5.41, 5.74) is 0.743. The SMILES string of the molecule is CN(CCOc1ccc(F)cc1)C(=O)CCN1C(=O)c2ccccc2C1=O. The highest BCUT2D eigenvalue weighted by molar-refractivity contribution is 6.21. The van der Waals surface area contributed by atoms with Crippen LogP contribution < -0.4 is 4.74 Å². The molecule has 1 aliphatic rings. The van der Waals surface area contributed by atoms with Gasteiger partial charge in [-0.15, -0.1) is 0 Å². The summed E-state index contributed by atoms with van der Waals surface area (Å²) in [7, 11) is 1.62. The van der Waals surface area contributed by atoms with E-state index in [4.69, 9.17) is 4.74 Å². The quantitative estimate of drug-likeness (QED) is 0.702. The summed E-state index contributed by atoms with van der Waals surface area (Å²) in [4.78, 5) is 39.4. The molecule has 0 saturated carbocycles. The molecule has 1 heterocycles. The Hall–Kier alpha value is -3.22. The van der Waals surface area contributed by atoms with Crippen LogP contribution in [0.1, 0.15) is 27.1 Å². The van der Waals surface area contributed by atoms with Crippen molar-refractivity contribution in [3.8, 4) is 5.75 Å². The van der Waals surface area contributed by atoms with Gasteiger partial charge in [0.25, 0.3) is 11.8 Å². The number of carbonyl (C=O) groups is 3. The lowest BCUT2D eigenvalue weighted by molar-refractivity contribution is -0.130. The molecule has 0 aliphatic carbocycles. The molecule has 1 aliphatic heterocycles.